The Bertz CT molecular complexity index is 1280. The van der Waals surface area contributed by atoms with Crippen LogP contribution in [0.25, 0.3) is 32.8 Å². The number of carbonyl (C=O) groups excluding carboxylic acids is 1. The summed E-state index contributed by atoms with van der Waals surface area (Å²) in [4.78, 5) is 15.8. The van der Waals surface area contributed by atoms with Gasteiger partial charge in [-0.1, -0.05) is 35.9 Å². The number of hydrogen-bond donors (Lipinski definition) is 1. The summed E-state index contributed by atoms with van der Waals surface area (Å²) in [5.74, 6) is 0.331. The first-order chi connectivity index (χ1) is 14.5. The molecule has 30 heavy (non-hydrogen) atoms. The number of rotatable bonds is 2. The lowest BCUT2D eigenvalue weighted by atomic mass is 9.97. The fraction of sp³-hybridized carbons (Fsp3) is 0.217. The molecular weight excluding hydrogens is 418 g/mol. The molecule has 1 N–H and O–H groups in total. The predicted molar refractivity (Wildman–Crippen MR) is 124 cm³/mol. The molecule has 0 unspecified atom stereocenters. The maximum Gasteiger partial charge on any atom is 0.219 e. The predicted octanol–water partition coefficient (Wildman–Crippen LogP) is 5.14. The third-order valence-corrected chi connectivity index (χ3v) is 6.95. The van der Waals surface area contributed by atoms with E-state index in [2.05, 4.69) is 9.27 Å². The summed E-state index contributed by atoms with van der Waals surface area (Å²) in [7, 11) is 0. The highest BCUT2D eigenvalue weighted by Gasteiger charge is 2.23. The van der Waals surface area contributed by atoms with Gasteiger partial charge in [-0.15, -0.1) is 0 Å². The van der Waals surface area contributed by atoms with E-state index in [0.29, 0.717) is 5.02 Å². The highest BCUT2D eigenvalue weighted by atomic mass is 35.5. The molecule has 1 aromatic heterocycles. The van der Waals surface area contributed by atoms with Crippen LogP contribution in [0, 0.1) is 0 Å². The van der Waals surface area contributed by atoms with Crippen LogP contribution in [0.5, 0.6) is 5.75 Å². The highest BCUT2D eigenvalue weighted by Crippen LogP contribution is 2.41. The van der Waals surface area contributed by atoms with Crippen molar-refractivity contribution in [3.63, 3.8) is 0 Å². The van der Waals surface area contributed by atoms with Crippen molar-refractivity contribution in [1.82, 2.24) is 9.27 Å². The highest BCUT2D eigenvalue weighted by molar-refractivity contribution is 7.11. The second-order valence-electron chi connectivity index (χ2n) is 7.54. The zero-order valence-corrected chi connectivity index (χ0v) is 18.0. The van der Waals surface area contributed by atoms with Crippen molar-refractivity contribution in [2.24, 2.45) is 0 Å². The number of amides is 1. The van der Waals surface area contributed by atoms with Crippen molar-refractivity contribution in [3.8, 4) is 16.9 Å². The summed E-state index contributed by atoms with van der Waals surface area (Å²) < 4.78 is 4.68. The molecule has 0 bridgehead atoms. The van der Waals surface area contributed by atoms with E-state index in [1.807, 2.05) is 41.3 Å². The number of fused-ring (bicyclic) bond motifs is 2. The Labute approximate surface area is 183 Å². The molecule has 3 aromatic carbocycles. The molecule has 1 aliphatic heterocycles. The summed E-state index contributed by atoms with van der Waals surface area (Å²) in [5.41, 5.74) is 2.63. The number of aromatic nitrogens is 1. The van der Waals surface area contributed by atoms with Crippen LogP contribution in [0.3, 0.4) is 0 Å². The van der Waals surface area contributed by atoms with Gasteiger partial charge in [0.1, 0.15) is 10.8 Å². The molecule has 4 aromatic rings. The van der Waals surface area contributed by atoms with Crippen LogP contribution in [0.4, 0.5) is 5.00 Å². The Morgan fingerprint density at radius 2 is 1.80 bits per heavy atom. The number of halogens is 1. The number of carbonyl (C=O) groups is 1. The zero-order chi connectivity index (χ0) is 20.8. The molecular formula is C23H20ClN3O2S. The topological polar surface area (TPSA) is 56.7 Å². The van der Waals surface area contributed by atoms with E-state index < -0.39 is 0 Å². The van der Waals surface area contributed by atoms with Crippen molar-refractivity contribution in [1.29, 1.82) is 0 Å². The van der Waals surface area contributed by atoms with Crippen LogP contribution in [0.1, 0.15) is 6.92 Å². The number of aromatic hydroxyl groups is 1. The lowest BCUT2D eigenvalue weighted by molar-refractivity contribution is -0.129. The number of anilines is 1. The number of phenols is 1. The van der Waals surface area contributed by atoms with E-state index in [1.54, 1.807) is 19.1 Å². The Hall–Kier alpha value is -2.83. The smallest absolute Gasteiger partial charge is 0.219 e. The fourth-order valence-corrected chi connectivity index (χ4v) is 5.29. The van der Waals surface area contributed by atoms with Crippen molar-refractivity contribution < 1.29 is 9.90 Å². The molecule has 5 nitrogen and oxygen atoms in total. The number of phenolic OH excluding ortho intramolecular Hbond substituents is 1. The molecule has 1 saturated heterocycles. The van der Waals surface area contributed by atoms with Crippen molar-refractivity contribution in [3.05, 3.63) is 53.6 Å². The minimum absolute atomic E-state index is 0.120. The molecule has 5 rings (SSSR count). The van der Waals surface area contributed by atoms with Crippen molar-refractivity contribution in [2.45, 2.75) is 6.92 Å². The second-order valence-corrected chi connectivity index (χ2v) is 8.70. The largest absolute Gasteiger partial charge is 0.508 e. The number of benzene rings is 3. The van der Waals surface area contributed by atoms with E-state index in [4.69, 9.17) is 11.6 Å². The average molecular weight is 438 g/mol. The molecule has 7 heteroatoms. The van der Waals surface area contributed by atoms with Gasteiger partial charge in [-0.05, 0) is 52.1 Å². The van der Waals surface area contributed by atoms with E-state index in [1.165, 1.54) is 11.5 Å². The van der Waals surface area contributed by atoms with E-state index in [9.17, 15) is 9.90 Å². The SMILES string of the molecule is CC(=O)N1CCN(c2snc3cc(-c4cc(O)cc5ccccc45)c(Cl)cc23)CC1. The summed E-state index contributed by atoms with van der Waals surface area (Å²) in [5, 5.41) is 15.0. The fourth-order valence-electron chi connectivity index (χ4n) is 4.13. The molecule has 1 aliphatic rings. The lowest BCUT2D eigenvalue weighted by Crippen LogP contribution is -2.47. The summed E-state index contributed by atoms with van der Waals surface area (Å²) in [6, 6.07) is 15.4. The first-order valence-corrected chi connectivity index (χ1v) is 11.0. The average Bonchev–Trinajstić information content (AvgIpc) is 3.15. The van der Waals surface area contributed by atoms with Crippen LogP contribution in [-0.2, 0) is 4.79 Å². The Kier molecular flexibility index (Phi) is 4.76. The molecule has 0 saturated carbocycles. The van der Waals surface area contributed by atoms with Crippen LogP contribution < -0.4 is 4.90 Å². The molecule has 1 amide bonds. The molecule has 0 atom stereocenters. The summed E-state index contributed by atoms with van der Waals surface area (Å²) >= 11 is 8.21. The Morgan fingerprint density at radius 3 is 2.57 bits per heavy atom. The quantitative estimate of drug-likeness (QED) is 0.471. The van der Waals surface area contributed by atoms with Crippen LogP contribution >= 0.6 is 23.1 Å². The number of nitrogens with zero attached hydrogens (tertiary/aromatic N) is 3. The Morgan fingerprint density at radius 1 is 1.03 bits per heavy atom. The van der Waals surface area contributed by atoms with E-state index in [-0.39, 0.29) is 11.7 Å². The first-order valence-electron chi connectivity index (χ1n) is 9.83. The van der Waals surface area contributed by atoms with Gasteiger partial charge >= 0.3 is 0 Å². The van der Waals surface area contributed by atoms with Gasteiger partial charge in [-0.3, -0.25) is 4.79 Å². The summed E-state index contributed by atoms with van der Waals surface area (Å²) in [6.07, 6.45) is 0. The lowest BCUT2D eigenvalue weighted by Gasteiger charge is -2.34. The van der Waals surface area contributed by atoms with Gasteiger partial charge in [-0.2, -0.15) is 4.37 Å². The molecule has 0 radical (unpaired) electrons. The zero-order valence-electron chi connectivity index (χ0n) is 16.4. The third-order valence-electron chi connectivity index (χ3n) is 5.70. The molecule has 0 spiro atoms. The molecule has 0 aliphatic carbocycles. The van der Waals surface area contributed by atoms with Gasteiger partial charge in [0.15, 0.2) is 0 Å². The second kappa shape index (κ2) is 7.45. The van der Waals surface area contributed by atoms with Gasteiger partial charge < -0.3 is 14.9 Å². The minimum Gasteiger partial charge on any atom is -0.508 e. The molecule has 2 heterocycles. The maximum absolute atomic E-state index is 11.6. The van der Waals surface area contributed by atoms with Crippen LogP contribution in [0.2, 0.25) is 5.02 Å². The normalized spacial score (nSPS) is 14.6. The number of hydrogen-bond acceptors (Lipinski definition) is 5. The van der Waals surface area contributed by atoms with Gasteiger partial charge in [-0.25, -0.2) is 0 Å². The first kappa shape index (κ1) is 19.2. The van der Waals surface area contributed by atoms with Gasteiger partial charge in [0.2, 0.25) is 5.91 Å². The minimum atomic E-state index is 0.120. The number of piperazine rings is 1. The third kappa shape index (κ3) is 3.26. The van der Waals surface area contributed by atoms with E-state index >= 15 is 0 Å². The van der Waals surface area contributed by atoms with Gasteiger partial charge in [0.25, 0.3) is 0 Å². The van der Waals surface area contributed by atoms with Crippen molar-refractivity contribution >= 4 is 55.7 Å². The van der Waals surface area contributed by atoms with Crippen molar-refractivity contribution in [2.75, 3.05) is 31.1 Å². The molecule has 1 fully saturated rings. The van der Waals surface area contributed by atoms with Gasteiger partial charge in [0.05, 0.1) is 5.52 Å². The summed E-state index contributed by atoms with van der Waals surface area (Å²) in [6.45, 7) is 4.62. The monoisotopic (exact) mass is 437 g/mol. The van der Waals surface area contributed by atoms with Crippen LogP contribution in [0.15, 0.2) is 48.5 Å². The Balaban J connectivity index is 1.57. The molecule has 152 valence electrons. The van der Waals surface area contributed by atoms with Gasteiger partial charge in [0, 0.05) is 49.1 Å². The van der Waals surface area contributed by atoms with Crippen LogP contribution in [-0.4, -0.2) is 46.5 Å². The van der Waals surface area contributed by atoms with E-state index in [0.717, 1.165) is 64.0 Å². The standard InChI is InChI=1S/C23H20ClN3O2S/c1-14(28)26-6-8-27(9-7-26)23-20-12-21(24)19(13-22(20)25-30-23)18-11-16(29)10-15-4-2-3-5-17(15)18/h2-5,10-13,29H,6-9H2,1H3. The maximum atomic E-state index is 11.6.